The van der Waals surface area contributed by atoms with Crippen molar-refractivity contribution >= 4 is 17.8 Å². The second-order valence-electron chi connectivity index (χ2n) is 10.4. The molecule has 6 rings (SSSR count). The first-order chi connectivity index (χ1) is 15.6. The molecule has 0 radical (unpaired) electrons. The molecule has 0 aromatic heterocycles. The molecular formula is C24H28F3N3O3. The van der Waals surface area contributed by atoms with Crippen molar-refractivity contribution in [2.24, 2.45) is 23.2 Å². The highest BCUT2D eigenvalue weighted by Gasteiger charge is 2.71. The first-order valence-corrected chi connectivity index (χ1v) is 11.7. The van der Waals surface area contributed by atoms with Gasteiger partial charge in [-0.25, -0.2) is 4.79 Å². The van der Waals surface area contributed by atoms with Crippen LogP contribution in [0.25, 0.3) is 0 Å². The fourth-order valence-electron chi connectivity index (χ4n) is 7.48. The SMILES string of the molecule is CC[C@H](N1C(=O)N[C@](NC(=O)c2ccccc2)(C(F)(F)F)C1=O)C12CC3CC(CC(C3)C1)C2. The summed E-state index contributed by atoms with van der Waals surface area (Å²) in [5.41, 5.74) is -3.86. The molecule has 1 aliphatic heterocycles. The summed E-state index contributed by atoms with van der Waals surface area (Å²) in [5, 5.41) is 3.66. The van der Waals surface area contributed by atoms with Gasteiger partial charge < -0.3 is 5.32 Å². The lowest BCUT2D eigenvalue weighted by molar-refractivity contribution is -0.202. The Morgan fingerprint density at radius 2 is 1.64 bits per heavy atom. The van der Waals surface area contributed by atoms with Crippen molar-refractivity contribution in [3.8, 4) is 0 Å². The largest absolute Gasteiger partial charge is 0.440 e. The fraction of sp³-hybridized carbons (Fsp3) is 0.625. The number of carbonyl (C=O) groups excluding carboxylic acids is 3. The highest BCUT2D eigenvalue weighted by molar-refractivity contribution is 6.10. The molecular weight excluding hydrogens is 435 g/mol. The maximum Gasteiger partial charge on any atom is 0.440 e. The zero-order valence-electron chi connectivity index (χ0n) is 18.5. The number of nitrogens with one attached hydrogen (secondary N) is 2. The van der Waals surface area contributed by atoms with Gasteiger partial charge in [-0.2, -0.15) is 13.2 Å². The van der Waals surface area contributed by atoms with Gasteiger partial charge in [0.1, 0.15) is 0 Å². The molecule has 0 unspecified atom stereocenters. The Morgan fingerprint density at radius 1 is 1.09 bits per heavy atom. The number of urea groups is 1. The van der Waals surface area contributed by atoms with Crippen LogP contribution in [-0.2, 0) is 4.79 Å². The molecule has 1 heterocycles. The van der Waals surface area contributed by atoms with Crippen LogP contribution in [0, 0.1) is 23.2 Å². The van der Waals surface area contributed by atoms with Crippen molar-refractivity contribution in [3.05, 3.63) is 35.9 Å². The van der Waals surface area contributed by atoms with E-state index in [1.165, 1.54) is 24.3 Å². The van der Waals surface area contributed by atoms with Crippen LogP contribution in [0.15, 0.2) is 30.3 Å². The topological polar surface area (TPSA) is 78.5 Å². The minimum absolute atomic E-state index is 0.0326. The highest BCUT2D eigenvalue weighted by Crippen LogP contribution is 2.62. The zero-order chi connectivity index (χ0) is 23.6. The third kappa shape index (κ3) is 3.34. The molecule has 4 bridgehead atoms. The number of carbonyl (C=O) groups is 3. The molecule has 1 aromatic rings. The molecule has 0 spiro atoms. The second-order valence-corrected chi connectivity index (χ2v) is 10.4. The summed E-state index contributed by atoms with van der Waals surface area (Å²) in [4.78, 5) is 39.9. The quantitative estimate of drug-likeness (QED) is 0.642. The number of alkyl halides is 3. The molecule has 9 heteroatoms. The summed E-state index contributed by atoms with van der Waals surface area (Å²) < 4.78 is 43.0. The number of amides is 4. The number of halogens is 3. The normalized spacial score (nSPS) is 36.1. The maximum atomic E-state index is 14.3. The Bertz CT molecular complexity index is 945. The summed E-state index contributed by atoms with van der Waals surface area (Å²) in [6, 6.07) is 5.63. The van der Waals surface area contributed by atoms with Crippen molar-refractivity contribution in [3.63, 3.8) is 0 Å². The van der Waals surface area contributed by atoms with Crippen LogP contribution in [-0.4, -0.2) is 40.6 Å². The Hall–Kier alpha value is -2.58. The minimum Gasteiger partial charge on any atom is -0.314 e. The van der Waals surface area contributed by atoms with E-state index < -0.39 is 35.7 Å². The van der Waals surface area contributed by atoms with Crippen LogP contribution < -0.4 is 10.6 Å². The molecule has 4 saturated carbocycles. The predicted octanol–water partition coefficient (Wildman–Crippen LogP) is 4.22. The van der Waals surface area contributed by atoms with Crippen molar-refractivity contribution in [1.29, 1.82) is 0 Å². The minimum atomic E-state index is -5.21. The molecule has 5 aliphatic rings. The lowest BCUT2D eigenvalue weighted by atomic mass is 9.47. The van der Waals surface area contributed by atoms with E-state index in [1.54, 1.807) is 6.07 Å². The lowest BCUT2D eigenvalue weighted by Gasteiger charge is -2.60. The molecule has 4 aliphatic carbocycles. The molecule has 2 atom stereocenters. The number of rotatable bonds is 5. The first-order valence-electron chi connectivity index (χ1n) is 11.7. The van der Waals surface area contributed by atoms with Crippen molar-refractivity contribution < 1.29 is 27.6 Å². The fourth-order valence-corrected chi connectivity index (χ4v) is 7.48. The van der Waals surface area contributed by atoms with Gasteiger partial charge in [-0.05, 0) is 80.2 Å². The van der Waals surface area contributed by atoms with E-state index in [2.05, 4.69) is 0 Å². The van der Waals surface area contributed by atoms with Crippen LogP contribution in [0.3, 0.4) is 0 Å². The van der Waals surface area contributed by atoms with Crippen LogP contribution in [0.4, 0.5) is 18.0 Å². The van der Waals surface area contributed by atoms with Gasteiger partial charge in [-0.1, -0.05) is 25.1 Å². The van der Waals surface area contributed by atoms with Gasteiger partial charge in [0.15, 0.2) is 0 Å². The number of benzene rings is 1. The van der Waals surface area contributed by atoms with Crippen molar-refractivity contribution in [2.45, 2.75) is 69.8 Å². The summed E-state index contributed by atoms with van der Waals surface area (Å²) in [5.74, 6) is -0.984. The van der Waals surface area contributed by atoms with E-state index in [0.29, 0.717) is 24.2 Å². The average molecular weight is 464 g/mol. The van der Waals surface area contributed by atoms with Crippen molar-refractivity contribution in [2.75, 3.05) is 0 Å². The van der Waals surface area contributed by atoms with E-state index in [4.69, 9.17) is 0 Å². The molecule has 4 amide bonds. The standard InChI is InChI=1S/C24H28F3N3O3/c1-2-18(22-11-14-8-15(12-22)10-16(9-14)13-22)30-20(32)23(24(25,26)27,29-21(30)33)28-19(31)17-6-4-3-5-7-17/h3-7,14-16,18H,2,8-13H2,1H3,(H,28,31)(H,29,33)/t14?,15?,16?,18-,22?,23-/m0/s1. The Kier molecular flexibility index (Phi) is 5.03. The van der Waals surface area contributed by atoms with Gasteiger partial charge >= 0.3 is 12.2 Å². The van der Waals surface area contributed by atoms with E-state index in [1.807, 2.05) is 17.6 Å². The Morgan fingerprint density at radius 3 is 2.12 bits per heavy atom. The van der Waals surface area contributed by atoms with Gasteiger partial charge in [0, 0.05) is 11.6 Å². The number of imide groups is 1. The van der Waals surface area contributed by atoms with Gasteiger partial charge in [-0.3, -0.25) is 19.8 Å². The second kappa shape index (κ2) is 7.46. The van der Waals surface area contributed by atoms with Gasteiger partial charge in [0.2, 0.25) is 0 Å². The number of hydrogen-bond acceptors (Lipinski definition) is 3. The van der Waals surface area contributed by atoms with Crippen LogP contribution >= 0.6 is 0 Å². The summed E-state index contributed by atoms with van der Waals surface area (Å²) in [6.45, 7) is 1.82. The molecule has 33 heavy (non-hydrogen) atoms. The monoisotopic (exact) mass is 463 g/mol. The third-order valence-electron chi connectivity index (χ3n) is 8.31. The lowest BCUT2D eigenvalue weighted by Crippen LogP contribution is -2.70. The molecule has 1 aromatic carbocycles. The van der Waals surface area contributed by atoms with E-state index in [9.17, 15) is 27.6 Å². The highest BCUT2D eigenvalue weighted by atomic mass is 19.4. The number of hydrogen-bond donors (Lipinski definition) is 2. The average Bonchev–Trinajstić information content (AvgIpc) is 2.99. The smallest absolute Gasteiger partial charge is 0.314 e. The van der Waals surface area contributed by atoms with E-state index in [-0.39, 0.29) is 11.0 Å². The van der Waals surface area contributed by atoms with E-state index >= 15 is 0 Å². The predicted molar refractivity (Wildman–Crippen MR) is 113 cm³/mol. The van der Waals surface area contributed by atoms with Crippen LogP contribution in [0.1, 0.15) is 62.2 Å². The maximum absolute atomic E-state index is 14.3. The Balaban J connectivity index is 1.49. The molecule has 1 saturated heterocycles. The first kappa shape index (κ1) is 22.2. The summed E-state index contributed by atoms with van der Waals surface area (Å²) >= 11 is 0. The van der Waals surface area contributed by atoms with Crippen LogP contribution in [0.5, 0.6) is 0 Å². The Labute approximate surface area is 190 Å². The van der Waals surface area contributed by atoms with Crippen molar-refractivity contribution in [1.82, 2.24) is 15.5 Å². The molecule has 2 N–H and O–H groups in total. The summed E-state index contributed by atoms with van der Waals surface area (Å²) in [6.07, 6.45) is 1.09. The van der Waals surface area contributed by atoms with Gasteiger partial charge in [-0.15, -0.1) is 0 Å². The van der Waals surface area contributed by atoms with Gasteiger partial charge in [0.25, 0.3) is 17.5 Å². The molecule has 178 valence electrons. The molecule has 6 nitrogen and oxygen atoms in total. The number of nitrogens with zero attached hydrogens (tertiary/aromatic N) is 1. The van der Waals surface area contributed by atoms with E-state index in [0.717, 1.165) is 43.4 Å². The summed E-state index contributed by atoms with van der Waals surface area (Å²) in [7, 11) is 0. The van der Waals surface area contributed by atoms with Crippen LogP contribution in [0.2, 0.25) is 0 Å². The third-order valence-corrected chi connectivity index (χ3v) is 8.31. The molecule has 5 fully saturated rings. The van der Waals surface area contributed by atoms with Gasteiger partial charge in [0.05, 0.1) is 0 Å². The zero-order valence-corrected chi connectivity index (χ0v) is 18.5.